The summed E-state index contributed by atoms with van der Waals surface area (Å²) in [6.45, 7) is 7.16. The molecule has 4 rings (SSSR count). The van der Waals surface area contributed by atoms with Crippen LogP contribution in [-0.4, -0.2) is 46.9 Å². The van der Waals surface area contributed by atoms with Gasteiger partial charge in [-0.05, 0) is 31.5 Å². The van der Waals surface area contributed by atoms with Crippen molar-refractivity contribution in [3.05, 3.63) is 82.4 Å². The Kier molecular flexibility index (Phi) is 6.59. The number of aryl methyl sites for hydroxylation is 1. The van der Waals surface area contributed by atoms with Gasteiger partial charge in [-0.2, -0.15) is 10.4 Å². The summed E-state index contributed by atoms with van der Waals surface area (Å²) in [5, 5.41) is 16.9. The largest absolute Gasteiger partial charge is 0.367 e. The molecule has 1 aliphatic rings. The van der Waals surface area contributed by atoms with Crippen LogP contribution in [-0.2, 0) is 13.1 Å². The van der Waals surface area contributed by atoms with Crippen LogP contribution < -0.4 is 10.2 Å². The number of carbonyl (C=O) groups is 1. The maximum Gasteiger partial charge on any atom is 0.317 e. The number of piperazine rings is 1. The fourth-order valence-corrected chi connectivity index (χ4v) is 4.21. The van der Waals surface area contributed by atoms with Gasteiger partial charge in [0.1, 0.15) is 17.4 Å². The normalized spacial score (nSPS) is 13.6. The van der Waals surface area contributed by atoms with Gasteiger partial charge in [-0.3, -0.25) is 4.68 Å². The van der Waals surface area contributed by atoms with Crippen molar-refractivity contribution in [1.82, 2.24) is 20.0 Å². The van der Waals surface area contributed by atoms with Crippen LogP contribution in [0.3, 0.4) is 0 Å². The summed E-state index contributed by atoms with van der Waals surface area (Å²) in [7, 11) is 0. The number of amides is 2. The van der Waals surface area contributed by atoms with Gasteiger partial charge < -0.3 is 15.1 Å². The highest BCUT2D eigenvalue weighted by Gasteiger charge is 2.24. The van der Waals surface area contributed by atoms with E-state index in [-0.39, 0.29) is 11.6 Å². The van der Waals surface area contributed by atoms with Gasteiger partial charge in [-0.25, -0.2) is 9.18 Å². The Morgan fingerprint density at radius 1 is 1.09 bits per heavy atom. The quantitative estimate of drug-likeness (QED) is 0.650. The van der Waals surface area contributed by atoms with E-state index in [1.807, 2.05) is 47.7 Å². The van der Waals surface area contributed by atoms with Crippen LogP contribution in [0.4, 0.5) is 14.9 Å². The van der Waals surface area contributed by atoms with Crippen LogP contribution in [0, 0.1) is 31.0 Å². The lowest BCUT2D eigenvalue weighted by molar-refractivity contribution is 0.194. The molecule has 1 aromatic heterocycles. The fraction of sp³-hybridized carbons (Fsp3) is 0.320. The van der Waals surface area contributed by atoms with Crippen LogP contribution in [0.5, 0.6) is 0 Å². The number of nitrogens with zero attached hydrogens (tertiary/aromatic N) is 5. The molecule has 0 atom stereocenters. The van der Waals surface area contributed by atoms with Crippen molar-refractivity contribution >= 4 is 11.7 Å². The number of aromatic nitrogens is 2. The Bertz CT molecular complexity index is 1180. The molecule has 0 saturated carbocycles. The number of urea groups is 1. The summed E-state index contributed by atoms with van der Waals surface area (Å²) in [5.74, 6) is -0.520. The SMILES string of the molecule is Cc1nn(Cc2ccccc2)c(C)c1CNC(=O)N1CCN(c2cccc(F)c2C#N)CC1. The predicted octanol–water partition coefficient (Wildman–Crippen LogP) is 3.59. The van der Waals surface area contributed by atoms with E-state index in [1.54, 1.807) is 17.0 Å². The Hall–Kier alpha value is -3.86. The summed E-state index contributed by atoms with van der Waals surface area (Å²) >= 11 is 0. The van der Waals surface area contributed by atoms with E-state index in [2.05, 4.69) is 22.5 Å². The molecule has 33 heavy (non-hydrogen) atoms. The molecule has 0 spiro atoms. The highest BCUT2D eigenvalue weighted by Crippen LogP contribution is 2.24. The number of hydrogen-bond acceptors (Lipinski definition) is 4. The Labute approximate surface area is 193 Å². The topological polar surface area (TPSA) is 77.2 Å². The predicted molar refractivity (Wildman–Crippen MR) is 124 cm³/mol. The number of benzene rings is 2. The molecule has 2 heterocycles. The molecular formula is C25H27FN6O. The van der Waals surface area contributed by atoms with Crippen LogP contribution in [0.2, 0.25) is 0 Å². The molecule has 170 valence electrons. The highest BCUT2D eigenvalue weighted by molar-refractivity contribution is 5.74. The minimum absolute atomic E-state index is 0.0499. The van der Waals surface area contributed by atoms with Crippen molar-refractivity contribution in [3.8, 4) is 6.07 Å². The number of halogens is 1. The summed E-state index contributed by atoms with van der Waals surface area (Å²) < 4.78 is 15.9. The second-order valence-corrected chi connectivity index (χ2v) is 8.17. The lowest BCUT2D eigenvalue weighted by atomic mass is 10.1. The monoisotopic (exact) mass is 446 g/mol. The molecule has 3 aromatic rings. The van der Waals surface area contributed by atoms with Gasteiger partial charge in [-0.15, -0.1) is 0 Å². The van der Waals surface area contributed by atoms with Crippen molar-refractivity contribution in [3.63, 3.8) is 0 Å². The number of carbonyl (C=O) groups excluding carboxylic acids is 1. The maximum atomic E-state index is 13.9. The standard InChI is InChI=1S/C25H27FN6O/c1-18-22(19(2)32(29-18)17-20-7-4-3-5-8-20)16-28-25(33)31-13-11-30(12-14-31)24-10-6-9-23(26)21(24)15-27/h3-10H,11-14,16-17H2,1-2H3,(H,28,33). The van der Waals surface area contributed by atoms with Gasteiger partial charge in [-0.1, -0.05) is 36.4 Å². The zero-order valence-corrected chi connectivity index (χ0v) is 18.9. The van der Waals surface area contributed by atoms with E-state index < -0.39 is 5.82 Å². The Balaban J connectivity index is 1.34. The molecule has 1 aliphatic heterocycles. The van der Waals surface area contributed by atoms with E-state index >= 15 is 0 Å². The molecule has 2 aromatic carbocycles. The average Bonchev–Trinajstić information content (AvgIpc) is 3.10. The first kappa shape index (κ1) is 22.3. The van der Waals surface area contributed by atoms with Crippen LogP contribution in [0.25, 0.3) is 0 Å². The van der Waals surface area contributed by atoms with Crippen molar-refractivity contribution in [2.75, 3.05) is 31.1 Å². The molecule has 1 N–H and O–H groups in total. The Morgan fingerprint density at radius 2 is 1.82 bits per heavy atom. The van der Waals surface area contributed by atoms with Gasteiger partial charge >= 0.3 is 6.03 Å². The first-order chi connectivity index (χ1) is 16.0. The van der Waals surface area contributed by atoms with Gasteiger partial charge in [0, 0.05) is 44.0 Å². The number of anilines is 1. The highest BCUT2D eigenvalue weighted by atomic mass is 19.1. The molecular weight excluding hydrogens is 419 g/mol. The van der Waals surface area contributed by atoms with Gasteiger partial charge in [0.15, 0.2) is 0 Å². The molecule has 2 amide bonds. The van der Waals surface area contributed by atoms with E-state index in [0.29, 0.717) is 45.0 Å². The smallest absolute Gasteiger partial charge is 0.317 e. The number of nitriles is 1. The molecule has 1 saturated heterocycles. The van der Waals surface area contributed by atoms with E-state index in [4.69, 9.17) is 0 Å². The first-order valence-electron chi connectivity index (χ1n) is 11.0. The minimum Gasteiger partial charge on any atom is -0.367 e. The van der Waals surface area contributed by atoms with Gasteiger partial charge in [0.2, 0.25) is 0 Å². The van der Waals surface area contributed by atoms with E-state index in [9.17, 15) is 14.4 Å². The number of rotatable bonds is 5. The molecule has 1 fully saturated rings. The van der Waals surface area contributed by atoms with Crippen molar-refractivity contribution in [1.29, 1.82) is 5.26 Å². The van der Waals surface area contributed by atoms with Gasteiger partial charge in [0.05, 0.1) is 17.9 Å². The first-order valence-corrected chi connectivity index (χ1v) is 11.0. The Morgan fingerprint density at radius 3 is 2.52 bits per heavy atom. The average molecular weight is 447 g/mol. The lowest BCUT2D eigenvalue weighted by Gasteiger charge is -2.36. The molecule has 0 aliphatic carbocycles. The zero-order valence-electron chi connectivity index (χ0n) is 18.9. The molecule has 0 bridgehead atoms. The second-order valence-electron chi connectivity index (χ2n) is 8.17. The zero-order chi connectivity index (χ0) is 23.4. The summed E-state index contributed by atoms with van der Waals surface area (Å²) in [5.41, 5.74) is 4.77. The third-order valence-corrected chi connectivity index (χ3v) is 6.13. The van der Waals surface area contributed by atoms with Gasteiger partial charge in [0.25, 0.3) is 0 Å². The second kappa shape index (κ2) is 9.74. The van der Waals surface area contributed by atoms with Crippen LogP contribution in [0.1, 0.15) is 28.1 Å². The number of hydrogen-bond donors (Lipinski definition) is 1. The summed E-state index contributed by atoms with van der Waals surface area (Å²) in [4.78, 5) is 16.5. The molecule has 7 nitrogen and oxygen atoms in total. The van der Waals surface area contributed by atoms with E-state index in [0.717, 1.165) is 17.0 Å². The lowest BCUT2D eigenvalue weighted by Crippen LogP contribution is -2.52. The minimum atomic E-state index is -0.520. The molecule has 8 heteroatoms. The third-order valence-electron chi connectivity index (χ3n) is 6.13. The van der Waals surface area contributed by atoms with E-state index in [1.165, 1.54) is 11.6 Å². The van der Waals surface area contributed by atoms with Crippen molar-refractivity contribution in [2.45, 2.75) is 26.9 Å². The van der Waals surface area contributed by atoms with Crippen molar-refractivity contribution in [2.24, 2.45) is 0 Å². The summed E-state index contributed by atoms with van der Waals surface area (Å²) in [6.07, 6.45) is 0. The summed E-state index contributed by atoms with van der Waals surface area (Å²) in [6, 6.07) is 16.6. The molecule has 0 unspecified atom stereocenters. The molecule has 0 radical (unpaired) electrons. The number of nitrogens with one attached hydrogen (secondary N) is 1. The van der Waals surface area contributed by atoms with Crippen molar-refractivity contribution < 1.29 is 9.18 Å². The maximum absolute atomic E-state index is 13.9. The van der Waals surface area contributed by atoms with Crippen LogP contribution >= 0.6 is 0 Å². The fourth-order valence-electron chi connectivity index (χ4n) is 4.21. The van der Waals surface area contributed by atoms with Crippen LogP contribution in [0.15, 0.2) is 48.5 Å². The third kappa shape index (κ3) is 4.82.